The summed E-state index contributed by atoms with van der Waals surface area (Å²) in [5.41, 5.74) is 3.62. The molecule has 0 heterocycles. The molecule has 0 fully saturated rings. The first-order valence-electron chi connectivity index (χ1n) is 7.47. The zero-order valence-corrected chi connectivity index (χ0v) is 12.8. The van der Waals surface area contributed by atoms with E-state index < -0.39 is 0 Å². The third-order valence-electron chi connectivity index (χ3n) is 3.23. The van der Waals surface area contributed by atoms with Gasteiger partial charge >= 0.3 is 0 Å². The van der Waals surface area contributed by atoms with Crippen LogP contribution < -0.4 is 10.1 Å². The molecule has 0 amide bonds. The Morgan fingerprint density at radius 3 is 2.43 bits per heavy atom. The van der Waals surface area contributed by atoms with Gasteiger partial charge in [-0.05, 0) is 49.4 Å². The fourth-order valence-corrected chi connectivity index (χ4v) is 2.06. The van der Waals surface area contributed by atoms with E-state index in [1.165, 1.54) is 17.6 Å². The Morgan fingerprint density at radius 2 is 1.76 bits per heavy atom. The summed E-state index contributed by atoms with van der Waals surface area (Å²) in [4.78, 5) is 0. The molecule has 0 spiro atoms. The third-order valence-corrected chi connectivity index (χ3v) is 3.23. The molecule has 0 aliphatic carbocycles. The second-order valence-corrected chi connectivity index (χ2v) is 5.18. The number of allylic oxidation sites excluding steroid dienone is 1. The summed E-state index contributed by atoms with van der Waals surface area (Å²) in [6.07, 6.45) is 4.38. The zero-order chi connectivity index (χ0) is 14.9. The van der Waals surface area contributed by atoms with Crippen LogP contribution >= 0.6 is 0 Å². The number of hydrogen-bond acceptors (Lipinski definition) is 2. The maximum atomic E-state index is 5.77. The molecule has 0 aromatic heterocycles. The lowest BCUT2D eigenvalue weighted by Crippen LogP contribution is -1.95. The number of benzene rings is 2. The fourth-order valence-electron chi connectivity index (χ4n) is 2.06. The van der Waals surface area contributed by atoms with Gasteiger partial charge in [-0.25, -0.2) is 0 Å². The van der Waals surface area contributed by atoms with E-state index in [9.17, 15) is 0 Å². The van der Waals surface area contributed by atoms with Crippen LogP contribution in [0.1, 0.15) is 32.3 Å². The van der Waals surface area contributed by atoms with Crippen LogP contribution in [-0.2, 0) is 6.61 Å². The van der Waals surface area contributed by atoms with Crippen molar-refractivity contribution in [3.05, 3.63) is 71.9 Å². The molecule has 0 saturated heterocycles. The summed E-state index contributed by atoms with van der Waals surface area (Å²) in [6.45, 7) is 4.94. The highest BCUT2D eigenvalue weighted by molar-refractivity contribution is 5.48. The maximum absolute atomic E-state index is 5.77. The van der Waals surface area contributed by atoms with E-state index in [1.54, 1.807) is 0 Å². The van der Waals surface area contributed by atoms with Gasteiger partial charge in [0, 0.05) is 5.69 Å². The van der Waals surface area contributed by atoms with E-state index in [-0.39, 0.29) is 0 Å². The van der Waals surface area contributed by atoms with Gasteiger partial charge in [-0.15, -0.1) is 0 Å². The van der Waals surface area contributed by atoms with Gasteiger partial charge in [-0.2, -0.15) is 0 Å². The molecule has 0 unspecified atom stereocenters. The van der Waals surface area contributed by atoms with Gasteiger partial charge in [0.15, 0.2) is 0 Å². The largest absolute Gasteiger partial charge is 0.489 e. The van der Waals surface area contributed by atoms with Crippen molar-refractivity contribution in [2.24, 2.45) is 0 Å². The van der Waals surface area contributed by atoms with Crippen molar-refractivity contribution in [2.75, 3.05) is 5.32 Å². The van der Waals surface area contributed by atoms with Crippen LogP contribution in [-0.4, -0.2) is 0 Å². The number of rotatable bonds is 7. The van der Waals surface area contributed by atoms with E-state index in [1.807, 2.05) is 42.5 Å². The Kier molecular flexibility index (Phi) is 5.89. The van der Waals surface area contributed by atoms with Crippen LogP contribution in [0.15, 0.2) is 66.4 Å². The molecule has 2 rings (SSSR count). The van der Waals surface area contributed by atoms with Crippen LogP contribution in [0.2, 0.25) is 0 Å². The van der Waals surface area contributed by atoms with Gasteiger partial charge in [0.2, 0.25) is 0 Å². The Bertz CT molecular complexity index is 558. The monoisotopic (exact) mass is 281 g/mol. The minimum Gasteiger partial charge on any atom is -0.489 e. The fraction of sp³-hybridized carbons (Fsp3) is 0.263. The molecule has 1 N–H and O–H groups in total. The molecule has 0 aliphatic rings. The lowest BCUT2D eigenvalue weighted by atomic mass is 10.2. The standard InChI is InChI=1S/C19H23NO/c1-3-7-16(2)14-20-18-10-12-19(13-11-18)21-15-17-8-5-4-6-9-17/h4-6,8-14,20H,3,7,15H2,1-2H3/b16-14+. The van der Waals surface area contributed by atoms with E-state index in [4.69, 9.17) is 4.74 Å². The molecule has 0 saturated carbocycles. The summed E-state index contributed by atoms with van der Waals surface area (Å²) in [5, 5.41) is 3.31. The van der Waals surface area contributed by atoms with Crippen LogP contribution in [0.25, 0.3) is 0 Å². The van der Waals surface area contributed by atoms with Gasteiger partial charge in [0.05, 0.1) is 0 Å². The molecule has 21 heavy (non-hydrogen) atoms. The van der Waals surface area contributed by atoms with E-state index in [0.717, 1.165) is 17.9 Å². The van der Waals surface area contributed by atoms with Gasteiger partial charge in [-0.3, -0.25) is 0 Å². The molecular weight excluding hydrogens is 258 g/mol. The summed E-state index contributed by atoms with van der Waals surface area (Å²) in [5.74, 6) is 0.888. The lowest BCUT2D eigenvalue weighted by Gasteiger charge is -2.08. The van der Waals surface area contributed by atoms with Crippen molar-refractivity contribution >= 4 is 5.69 Å². The molecule has 0 atom stereocenters. The molecule has 2 nitrogen and oxygen atoms in total. The SMILES string of the molecule is CCC/C(C)=C/Nc1ccc(OCc2ccccc2)cc1. The molecule has 2 aromatic carbocycles. The molecule has 110 valence electrons. The van der Waals surface area contributed by atoms with Crippen molar-refractivity contribution in [1.82, 2.24) is 0 Å². The highest BCUT2D eigenvalue weighted by Crippen LogP contribution is 2.17. The highest BCUT2D eigenvalue weighted by Gasteiger charge is 1.96. The summed E-state index contributed by atoms with van der Waals surface area (Å²) in [7, 11) is 0. The normalized spacial score (nSPS) is 11.2. The smallest absolute Gasteiger partial charge is 0.119 e. The van der Waals surface area contributed by atoms with E-state index in [2.05, 4.69) is 37.5 Å². The van der Waals surface area contributed by atoms with Gasteiger partial charge in [0.25, 0.3) is 0 Å². The van der Waals surface area contributed by atoms with Crippen molar-refractivity contribution < 1.29 is 4.74 Å². The predicted octanol–water partition coefficient (Wildman–Crippen LogP) is 5.38. The summed E-state index contributed by atoms with van der Waals surface area (Å²) >= 11 is 0. The second kappa shape index (κ2) is 8.15. The molecule has 0 radical (unpaired) electrons. The Morgan fingerprint density at radius 1 is 1.05 bits per heavy atom. The molecule has 0 bridgehead atoms. The van der Waals surface area contributed by atoms with Crippen LogP contribution in [0.4, 0.5) is 5.69 Å². The molecule has 0 aliphatic heterocycles. The number of nitrogens with one attached hydrogen (secondary N) is 1. The van der Waals surface area contributed by atoms with Crippen LogP contribution in [0, 0.1) is 0 Å². The number of anilines is 1. The first-order chi connectivity index (χ1) is 10.3. The maximum Gasteiger partial charge on any atom is 0.119 e. The average molecular weight is 281 g/mol. The predicted molar refractivity (Wildman–Crippen MR) is 89.5 cm³/mol. The third kappa shape index (κ3) is 5.35. The van der Waals surface area contributed by atoms with Gasteiger partial charge in [-0.1, -0.05) is 49.2 Å². The van der Waals surface area contributed by atoms with Crippen molar-refractivity contribution in [1.29, 1.82) is 0 Å². The number of hydrogen-bond donors (Lipinski definition) is 1. The second-order valence-electron chi connectivity index (χ2n) is 5.18. The topological polar surface area (TPSA) is 21.3 Å². The van der Waals surface area contributed by atoms with Crippen LogP contribution in [0.5, 0.6) is 5.75 Å². The quantitative estimate of drug-likeness (QED) is 0.735. The minimum absolute atomic E-state index is 0.600. The molecule has 2 aromatic rings. The van der Waals surface area contributed by atoms with Gasteiger partial charge in [0.1, 0.15) is 12.4 Å². The summed E-state index contributed by atoms with van der Waals surface area (Å²) in [6, 6.07) is 18.3. The minimum atomic E-state index is 0.600. The van der Waals surface area contributed by atoms with E-state index >= 15 is 0 Å². The lowest BCUT2D eigenvalue weighted by molar-refractivity contribution is 0.306. The van der Waals surface area contributed by atoms with Gasteiger partial charge < -0.3 is 10.1 Å². The van der Waals surface area contributed by atoms with Crippen molar-refractivity contribution in [3.8, 4) is 5.75 Å². The Labute approximate surface area is 127 Å². The number of ether oxygens (including phenoxy) is 1. The molecular formula is C19H23NO. The van der Waals surface area contributed by atoms with E-state index in [0.29, 0.717) is 6.61 Å². The molecule has 2 heteroatoms. The Balaban J connectivity index is 1.86. The average Bonchev–Trinajstić information content (AvgIpc) is 2.53. The Hall–Kier alpha value is -2.22. The highest BCUT2D eigenvalue weighted by atomic mass is 16.5. The first-order valence-corrected chi connectivity index (χ1v) is 7.47. The first kappa shape index (κ1) is 15.2. The summed E-state index contributed by atoms with van der Waals surface area (Å²) < 4.78 is 5.77. The van der Waals surface area contributed by atoms with Crippen molar-refractivity contribution in [3.63, 3.8) is 0 Å². The zero-order valence-electron chi connectivity index (χ0n) is 12.8. The van der Waals surface area contributed by atoms with Crippen molar-refractivity contribution in [2.45, 2.75) is 33.3 Å². The van der Waals surface area contributed by atoms with Crippen LogP contribution in [0.3, 0.4) is 0 Å².